The number of nitrogens with two attached hydrogens (primary N) is 2. The molecule has 0 amide bonds. The quantitative estimate of drug-likeness (QED) is 0.466. The summed E-state index contributed by atoms with van der Waals surface area (Å²) in [6, 6.07) is 0.408. The third kappa shape index (κ3) is 9.96. The van der Waals surface area contributed by atoms with Crippen LogP contribution in [0.5, 0.6) is 0 Å². The molecule has 5 N–H and O–H groups in total. The third-order valence-electron chi connectivity index (χ3n) is 2.40. The minimum absolute atomic E-state index is 0.408. The first-order chi connectivity index (χ1) is 6.81. The van der Waals surface area contributed by atoms with Gasteiger partial charge < -0.3 is 16.8 Å². The Morgan fingerprint density at radius 1 is 1.07 bits per heavy atom. The molecule has 1 atom stereocenters. The number of unbranched alkanes of at least 4 members (excludes halogenated alkanes) is 1. The molecule has 86 valence electrons. The topological polar surface area (TPSA) is 64.1 Å². The molecule has 0 heterocycles. The van der Waals surface area contributed by atoms with Crippen molar-refractivity contribution >= 4 is 0 Å². The first-order valence-corrected chi connectivity index (χ1v) is 5.97. The van der Waals surface area contributed by atoms with Gasteiger partial charge in [0, 0.05) is 6.04 Å². The lowest BCUT2D eigenvalue weighted by molar-refractivity contribution is 0.515. The van der Waals surface area contributed by atoms with Crippen LogP contribution < -0.4 is 16.8 Å². The van der Waals surface area contributed by atoms with Crippen molar-refractivity contribution in [2.75, 3.05) is 19.6 Å². The highest BCUT2D eigenvalue weighted by Gasteiger charge is 1.99. The standard InChI is InChI=1S/C11H27N3/c1-2-6-11(13)7-5-10-14-9-4-3-8-12/h11,14H,2-10,12-13H2,1H3. The van der Waals surface area contributed by atoms with Crippen LogP contribution >= 0.6 is 0 Å². The Morgan fingerprint density at radius 3 is 2.43 bits per heavy atom. The van der Waals surface area contributed by atoms with Crippen LogP contribution in [-0.4, -0.2) is 25.7 Å². The van der Waals surface area contributed by atoms with Crippen LogP contribution in [0.25, 0.3) is 0 Å². The molecular formula is C11H27N3. The first-order valence-electron chi connectivity index (χ1n) is 5.97. The highest BCUT2D eigenvalue weighted by Crippen LogP contribution is 2.00. The lowest BCUT2D eigenvalue weighted by Crippen LogP contribution is -2.23. The van der Waals surface area contributed by atoms with Crippen molar-refractivity contribution in [3.05, 3.63) is 0 Å². The van der Waals surface area contributed by atoms with Gasteiger partial charge in [0.15, 0.2) is 0 Å². The summed E-state index contributed by atoms with van der Waals surface area (Å²) in [6.45, 7) is 5.19. The molecular weight excluding hydrogens is 174 g/mol. The van der Waals surface area contributed by atoms with E-state index in [0.717, 1.165) is 38.9 Å². The Hall–Kier alpha value is -0.120. The number of hydrogen-bond donors (Lipinski definition) is 3. The van der Waals surface area contributed by atoms with E-state index in [4.69, 9.17) is 11.5 Å². The molecule has 0 aromatic heterocycles. The molecule has 3 heteroatoms. The van der Waals surface area contributed by atoms with Crippen molar-refractivity contribution in [2.24, 2.45) is 11.5 Å². The summed E-state index contributed by atoms with van der Waals surface area (Å²) in [5.41, 5.74) is 11.3. The van der Waals surface area contributed by atoms with Crippen LogP contribution in [0, 0.1) is 0 Å². The fourth-order valence-electron chi connectivity index (χ4n) is 1.52. The summed E-state index contributed by atoms with van der Waals surface area (Å²) in [4.78, 5) is 0. The molecule has 0 rings (SSSR count). The second-order valence-electron chi connectivity index (χ2n) is 3.94. The largest absolute Gasteiger partial charge is 0.330 e. The summed E-state index contributed by atoms with van der Waals surface area (Å²) in [5, 5.41) is 3.41. The van der Waals surface area contributed by atoms with Gasteiger partial charge >= 0.3 is 0 Å². The second kappa shape index (κ2) is 11.0. The maximum atomic E-state index is 5.90. The SMILES string of the molecule is CCCC(N)CCCNCCCCN. The first kappa shape index (κ1) is 13.9. The van der Waals surface area contributed by atoms with E-state index >= 15 is 0 Å². The zero-order valence-corrected chi connectivity index (χ0v) is 9.60. The summed E-state index contributed by atoms with van der Waals surface area (Å²) in [6.07, 6.45) is 7.03. The molecule has 0 aliphatic carbocycles. The van der Waals surface area contributed by atoms with Crippen LogP contribution in [0.1, 0.15) is 45.4 Å². The van der Waals surface area contributed by atoms with Gasteiger partial charge in [0.25, 0.3) is 0 Å². The average Bonchev–Trinajstić information content (AvgIpc) is 2.17. The molecule has 0 aromatic rings. The van der Waals surface area contributed by atoms with Gasteiger partial charge in [-0.3, -0.25) is 0 Å². The van der Waals surface area contributed by atoms with Crippen molar-refractivity contribution in [1.82, 2.24) is 5.32 Å². The highest BCUT2D eigenvalue weighted by molar-refractivity contribution is 4.61. The van der Waals surface area contributed by atoms with Crippen molar-refractivity contribution in [2.45, 2.75) is 51.5 Å². The summed E-state index contributed by atoms with van der Waals surface area (Å²) >= 11 is 0. The minimum Gasteiger partial charge on any atom is -0.330 e. The lowest BCUT2D eigenvalue weighted by atomic mass is 10.1. The fourth-order valence-corrected chi connectivity index (χ4v) is 1.52. The van der Waals surface area contributed by atoms with Gasteiger partial charge in [-0.1, -0.05) is 13.3 Å². The smallest absolute Gasteiger partial charge is 0.00391 e. The average molecular weight is 201 g/mol. The second-order valence-corrected chi connectivity index (χ2v) is 3.94. The monoisotopic (exact) mass is 201 g/mol. The van der Waals surface area contributed by atoms with E-state index in [2.05, 4.69) is 12.2 Å². The zero-order valence-electron chi connectivity index (χ0n) is 9.60. The molecule has 3 nitrogen and oxygen atoms in total. The molecule has 0 saturated carbocycles. The van der Waals surface area contributed by atoms with Crippen LogP contribution in [0.15, 0.2) is 0 Å². The summed E-state index contributed by atoms with van der Waals surface area (Å²) in [7, 11) is 0. The number of nitrogens with one attached hydrogen (secondary N) is 1. The molecule has 1 unspecified atom stereocenters. The Bertz CT molecular complexity index is 107. The van der Waals surface area contributed by atoms with E-state index < -0.39 is 0 Å². The van der Waals surface area contributed by atoms with E-state index in [0.29, 0.717) is 6.04 Å². The van der Waals surface area contributed by atoms with E-state index in [-0.39, 0.29) is 0 Å². The van der Waals surface area contributed by atoms with Crippen molar-refractivity contribution < 1.29 is 0 Å². The normalized spacial score (nSPS) is 13.1. The molecule has 0 aromatic carbocycles. The van der Waals surface area contributed by atoms with Gasteiger partial charge in [-0.25, -0.2) is 0 Å². The van der Waals surface area contributed by atoms with Crippen molar-refractivity contribution in [3.8, 4) is 0 Å². The highest BCUT2D eigenvalue weighted by atomic mass is 14.8. The Morgan fingerprint density at radius 2 is 1.79 bits per heavy atom. The molecule has 0 saturated heterocycles. The fraction of sp³-hybridized carbons (Fsp3) is 1.00. The van der Waals surface area contributed by atoms with E-state index in [1.807, 2.05) is 0 Å². The zero-order chi connectivity index (χ0) is 10.6. The molecule has 0 fully saturated rings. The van der Waals surface area contributed by atoms with Crippen LogP contribution in [0.3, 0.4) is 0 Å². The summed E-state index contributed by atoms with van der Waals surface area (Å²) < 4.78 is 0. The van der Waals surface area contributed by atoms with Gasteiger partial charge in [0.05, 0.1) is 0 Å². The van der Waals surface area contributed by atoms with E-state index in [1.165, 1.54) is 19.3 Å². The van der Waals surface area contributed by atoms with Gasteiger partial charge in [0.1, 0.15) is 0 Å². The van der Waals surface area contributed by atoms with Gasteiger partial charge in [-0.2, -0.15) is 0 Å². The number of rotatable bonds is 10. The molecule has 0 spiro atoms. The minimum atomic E-state index is 0.408. The van der Waals surface area contributed by atoms with Crippen molar-refractivity contribution in [3.63, 3.8) is 0 Å². The Labute approximate surface area is 88.6 Å². The molecule has 0 aliphatic heterocycles. The Kier molecular flexibility index (Phi) is 10.9. The lowest BCUT2D eigenvalue weighted by Gasteiger charge is -2.10. The van der Waals surface area contributed by atoms with E-state index in [9.17, 15) is 0 Å². The molecule has 0 bridgehead atoms. The third-order valence-corrected chi connectivity index (χ3v) is 2.40. The van der Waals surface area contributed by atoms with Crippen molar-refractivity contribution in [1.29, 1.82) is 0 Å². The van der Waals surface area contributed by atoms with E-state index in [1.54, 1.807) is 0 Å². The van der Waals surface area contributed by atoms with Gasteiger partial charge in [-0.15, -0.1) is 0 Å². The summed E-state index contributed by atoms with van der Waals surface area (Å²) in [5.74, 6) is 0. The van der Waals surface area contributed by atoms with Gasteiger partial charge in [0.2, 0.25) is 0 Å². The van der Waals surface area contributed by atoms with Crippen LogP contribution in [-0.2, 0) is 0 Å². The van der Waals surface area contributed by atoms with Crippen LogP contribution in [0.4, 0.5) is 0 Å². The maximum Gasteiger partial charge on any atom is 0.00391 e. The predicted octanol–water partition coefficient (Wildman–Crippen LogP) is 1.22. The predicted molar refractivity (Wildman–Crippen MR) is 63.3 cm³/mol. The maximum absolute atomic E-state index is 5.90. The molecule has 14 heavy (non-hydrogen) atoms. The molecule has 0 aliphatic rings. The molecule has 0 radical (unpaired) electrons. The number of hydrogen-bond acceptors (Lipinski definition) is 3. The van der Waals surface area contributed by atoms with Crippen LogP contribution in [0.2, 0.25) is 0 Å². The Balaban J connectivity index is 2.98. The van der Waals surface area contributed by atoms with Gasteiger partial charge in [-0.05, 0) is 51.7 Å².